The molecule has 0 spiro atoms. The quantitative estimate of drug-likeness (QED) is 0.928. The van der Waals surface area contributed by atoms with Crippen LogP contribution in [0.25, 0.3) is 0 Å². The van der Waals surface area contributed by atoms with E-state index in [1.807, 2.05) is 43.3 Å². The minimum atomic E-state index is -0.134. The first-order chi connectivity index (χ1) is 9.60. The fourth-order valence-electron chi connectivity index (χ4n) is 1.79. The molecule has 2 rings (SSSR count). The molecule has 0 aliphatic rings. The highest BCUT2D eigenvalue weighted by Crippen LogP contribution is 2.17. The molecule has 0 bridgehead atoms. The second-order valence-corrected chi connectivity index (χ2v) is 4.62. The van der Waals surface area contributed by atoms with E-state index >= 15 is 0 Å². The number of hydrogen-bond donors (Lipinski definition) is 1. The van der Waals surface area contributed by atoms with Gasteiger partial charge in [-0.3, -0.25) is 4.79 Å². The summed E-state index contributed by atoms with van der Waals surface area (Å²) in [5.41, 5.74) is 2.46. The Morgan fingerprint density at radius 1 is 1.00 bits per heavy atom. The van der Waals surface area contributed by atoms with Gasteiger partial charge in [0.1, 0.15) is 5.75 Å². The molecule has 4 nitrogen and oxygen atoms in total. The molecule has 0 saturated heterocycles. The van der Waals surface area contributed by atoms with Crippen LogP contribution in [0.2, 0.25) is 0 Å². The monoisotopic (exact) mass is 270 g/mol. The zero-order valence-corrected chi connectivity index (χ0v) is 11.9. The van der Waals surface area contributed by atoms with E-state index in [0.29, 0.717) is 5.56 Å². The Balaban J connectivity index is 2.06. The fourth-order valence-corrected chi connectivity index (χ4v) is 1.79. The Morgan fingerprint density at radius 3 is 2.10 bits per heavy atom. The zero-order valence-electron chi connectivity index (χ0n) is 11.9. The lowest BCUT2D eigenvalue weighted by Crippen LogP contribution is -2.12. The molecule has 0 fully saturated rings. The number of methoxy groups -OCH3 is 1. The van der Waals surface area contributed by atoms with Crippen molar-refractivity contribution in [1.29, 1.82) is 0 Å². The third-order valence-corrected chi connectivity index (χ3v) is 2.99. The van der Waals surface area contributed by atoms with Crippen molar-refractivity contribution in [3.63, 3.8) is 0 Å². The zero-order chi connectivity index (χ0) is 14.5. The summed E-state index contributed by atoms with van der Waals surface area (Å²) in [7, 11) is 5.55. The molecule has 1 amide bonds. The number of ether oxygens (including phenoxy) is 1. The van der Waals surface area contributed by atoms with Gasteiger partial charge in [0.15, 0.2) is 0 Å². The molecule has 20 heavy (non-hydrogen) atoms. The molecular formula is C16H18N2O2. The highest BCUT2D eigenvalue weighted by molar-refractivity contribution is 6.04. The predicted molar refractivity (Wildman–Crippen MR) is 81.7 cm³/mol. The first-order valence-corrected chi connectivity index (χ1v) is 6.33. The van der Waals surface area contributed by atoms with Crippen LogP contribution in [0.4, 0.5) is 11.4 Å². The third kappa shape index (κ3) is 3.29. The molecule has 104 valence electrons. The number of anilines is 2. The van der Waals surface area contributed by atoms with Crippen LogP contribution in [-0.4, -0.2) is 27.1 Å². The fraction of sp³-hybridized carbons (Fsp3) is 0.188. The maximum atomic E-state index is 12.1. The van der Waals surface area contributed by atoms with Gasteiger partial charge < -0.3 is 15.0 Å². The summed E-state index contributed by atoms with van der Waals surface area (Å²) < 4.78 is 5.07. The lowest BCUT2D eigenvalue weighted by atomic mass is 10.2. The number of amides is 1. The summed E-state index contributed by atoms with van der Waals surface area (Å²) in [5, 5.41) is 2.86. The Kier molecular flexibility index (Phi) is 4.25. The number of rotatable bonds is 4. The molecule has 2 aromatic rings. The number of hydrogen-bond acceptors (Lipinski definition) is 3. The molecule has 0 aliphatic heterocycles. The van der Waals surface area contributed by atoms with Gasteiger partial charge in [0.25, 0.3) is 5.91 Å². The van der Waals surface area contributed by atoms with Crippen molar-refractivity contribution in [2.45, 2.75) is 0 Å². The van der Waals surface area contributed by atoms with E-state index in [-0.39, 0.29) is 5.91 Å². The number of nitrogens with one attached hydrogen (secondary N) is 1. The summed E-state index contributed by atoms with van der Waals surface area (Å²) in [6, 6.07) is 14.7. The van der Waals surface area contributed by atoms with Gasteiger partial charge in [-0.05, 0) is 48.5 Å². The van der Waals surface area contributed by atoms with Crippen molar-refractivity contribution in [3.05, 3.63) is 54.1 Å². The van der Waals surface area contributed by atoms with Gasteiger partial charge in [-0.25, -0.2) is 0 Å². The van der Waals surface area contributed by atoms with Crippen LogP contribution in [0, 0.1) is 0 Å². The van der Waals surface area contributed by atoms with Crippen LogP contribution < -0.4 is 15.0 Å². The van der Waals surface area contributed by atoms with Crippen LogP contribution >= 0.6 is 0 Å². The Labute approximate surface area is 119 Å². The summed E-state index contributed by atoms with van der Waals surface area (Å²) in [6.45, 7) is 0. The van der Waals surface area contributed by atoms with Crippen LogP contribution in [-0.2, 0) is 0 Å². The molecule has 0 heterocycles. The van der Waals surface area contributed by atoms with E-state index in [1.165, 1.54) is 0 Å². The number of nitrogens with zero attached hydrogens (tertiary/aromatic N) is 1. The molecule has 1 N–H and O–H groups in total. The lowest BCUT2D eigenvalue weighted by molar-refractivity contribution is 0.102. The van der Waals surface area contributed by atoms with Gasteiger partial charge in [-0.2, -0.15) is 0 Å². The van der Waals surface area contributed by atoms with E-state index in [2.05, 4.69) is 5.32 Å². The topological polar surface area (TPSA) is 41.6 Å². The van der Waals surface area contributed by atoms with Crippen LogP contribution in [0.3, 0.4) is 0 Å². The van der Waals surface area contributed by atoms with Crippen molar-refractivity contribution in [3.8, 4) is 5.75 Å². The van der Waals surface area contributed by atoms with Crippen LogP contribution in [0.15, 0.2) is 48.5 Å². The van der Waals surface area contributed by atoms with Crippen molar-refractivity contribution >= 4 is 17.3 Å². The van der Waals surface area contributed by atoms with E-state index in [1.54, 1.807) is 31.4 Å². The van der Waals surface area contributed by atoms with Gasteiger partial charge in [0, 0.05) is 31.0 Å². The number of carbonyl (C=O) groups is 1. The van der Waals surface area contributed by atoms with Crippen molar-refractivity contribution < 1.29 is 9.53 Å². The average Bonchev–Trinajstić information content (AvgIpc) is 2.48. The minimum Gasteiger partial charge on any atom is -0.497 e. The molecule has 0 aromatic heterocycles. The maximum absolute atomic E-state index is 12.1. The standard InChI is InChI=1S/C16H18N2O2/c1-18(2)14-8-6-13(7-9-14)17-16(19)12-4-10-15(20-3)11-5-12/h4-11H,1-3H3,(H,17,19). The summed E-state index contributed by atoms with van der Waals surface area (Å²) >= 11 is 0. The minimum absolute atomic E-state index is 0.134. The van der Waals surface area contributed by atoms with Gasteiger partial charge in [-0.1, -0.05) is 0 Å². The SMILES string of the molecule is COc1ccc(C(=O)Nc2ccc(N(C)C)cc2)cc1. The Morgan fingerprint density at radius 2 is 1.60 bits per heavy atom. The molecule has 0 saturated carbocycles. The second kappa shape index (κ2) is 6.10. The normalized spacial score (nSPS) is 9.95. The van der Waals surface area contributed by atoms with E-state index in [4.69, 9.17) is 4.74 Å². The van der Waals surface area contributed by atoms with E-state index in [9.17, 15) is 4.79 Å². The molecule has 0 unspecified atom stereocenters. The predicted octanol–water partition coefficient (Wildman–Crippen LogP) is 3.01. The Bertz CT molecular complexity index is 574. The van der Waals surface area contributed by atoms with Gasteiger partial charge in [0.2, 0.25) is 0 Å². The Hall–Kier alpha value is -2.49. The molecule has 2 aromatic carbocycles. The van der Waals surface area contributed by atoms with E-state index < -0.39 is 0 Å². The molecular weight excluding hydrogens is 252 g/mol. The summed E-state index contributed by atoms with van der Waals surface area (Å²) in [5.74, 6) is 0.599. The van der Waals surface area contributed by atoms with Crippen molar-refractivity contribution in [1.82, 2.24) is 0 Å². The molecule has 0 aliphatic carbocycles. The highest BCUT2D eigenvalue weighted by Gasteiger charge is 2.06. The average molecular weight is 270 g/mol. The first-order valence-electron chi connectivity index (χ1n) is 6.33. The van der Waals surface area contributed by atoms with E-state index in [0.717, 1.165) is 17.1 Å². The number of carbonyl (C=O) groups excluding carboxylic acids is 1. The summed E-state index contributed by atoms with van der Waals surface area (Å²) in [6.07, 6.45) is 0. The van der Waals surface area contributed by atoms with Gasteiger partial charge >= 0.3 is 0 Å². The molecule has 0 atom stereocenters. The maximum Gasteiger partial charge on any atom is 0.255 e. The number of benzene rings is 2. The van der Waals surface area contributed by atoms with Gasteiger partial charge in [0.05, 0.1) is 7.11 Å². The summed E-state index contributed by atoms with van der Waals surface area (Å²) in [4.78, 5) is 14.1. The third-order valence-electron chi connectivity index (χ3n) is 2.99. The molecule has 0 radical (unpaired) electrons. The lowest BCUT2D eigenvalue weighted by Gasteiger charge is -2.13. The van der Waals surface area contributed by atoms with Crippen molar-refractivity contribution in [2.75, 3.05) is 31.4 Å². The van der Waals surface area contributed by atoms with Crippen LogP contribution in [0.1, 0.15) is 10.4 Å². The second-order valence-electron chi connectivity index (χ2n) is 4.62. The largest absolute Gasteiger partial charge is 0.497 e. The van der Waals surface area contributed by atoms with Crippen LogP contribution in [0.5, 0.6) is 5.75 Å². The van der Waals surface area contributed by atoms with Crippen molar-refractivity contribution in [2.24, 2.45) is 0 Å². The smallest absolute Gasteiger partial charge is 0.255 e. The molecule has 4 heteroatoms. The first kappa shape index (κ1) is 13.9. The van der Waals surface area contributed by atoms with Gasteiger partial charge in [-0.15, -0.1) is 0 Å². The highest BCUT2D eigenvalue weighted by atomic mass is 16.5.